The number of hydrogen-bond acceptors (Lipinski definition) is 3. The lowest BCUT2D eigenvalue weighted by atomic mass is 10.2. The molecule has 24 heavy (non-hydrogen) atoms. The Bertz CT molecular complexity index is 640. The molecule has 0 saturated carbocycles. The zero-order valence-electron chi connectivity index (χ0n) is 14.4. The van der Waals surface area contributed by atoms with E-state index in [-0.39, 0.29) is 6.04 Å². The first-order valence-corrected chi connectivity index (χ1v) is 8.45. The van der Waals surface area contributed by atoms with Crippen molar-refractivity contribution in [1.82, 2.24) is 15.5 Å². The highest BCUT2D eigenvalue weighted by Gasteiger charge is 2.17. The molecule has 1 aromatic heterocycles. The molecule has 1 atom stereocenters. The topological polar surface area (TPSA) is 52.8 Å². The molecular formula is C18H25ClN4O. The third-order valence-corrected chi connectivity index (χ3v) is 4.04. The molecule has 1 unspecified atom stereocenters. The molecule has 130 valence electrons. The molecule has 0 radical (unpaired) electrons. The fourth-order valence-electron chi connectivity index (χ4n) is 2.34. The molecule has 0 aliphatic rings. The zero-order chi connectivity index (χ0) is 17.4. The second-order valence-corrected chi connectivity index (χ2v) is 6.07. The number of nitrogens with zero attached hydrogens (tertiary/aromatic N) is 2. The van der Waals surface area contributed by atoms with Crippen LogP contribution in [0, 0.1) is 0 Å². The fraction of sp³-hybridized carbons (Fsp3) is 0.389. The molecule has 0 aliphatic heterocycles. The molecule has 2 rings (SSSR count). The van der Waals surface area contributed by atoms with Crippen molar-refractivity contribution in [3.05, 3.63) is 59.0 Å². The van der Waals surface area contributed by atoms with E-state index in [9.17, 15) is 0 Å². The van der Waals surface area contributed by atoms with E-state index in [1.807, 2.05) is 57.4 Å². The summed E-state index contributed by atoms with van der Waals surface area (Å²) in [4.78, 5) is 6.73. The summed E-state index contributed by atoms with van der Waals surface area (Å²) in [6, 6.07) is 11.8. The van der Waals surface area contributed by atoms with Crippen molar-refractivity contribution in [2.45, 2.75) is 19.5 Å². The SMILES string of the molecule is CCNC(=NCc1ccccc1Cl)NCC(c1ccco1)N(C)C. The first-order valence-electron chi connectivity index (χ1n) is 8.07. The lowest BCUT2D eigenvalue weighted by molar-refractivity contribution is 0.258. The van der Waals surface area contributed by atoms with Crippen LogP contribution in [0.3, 0.4) is 0 Å². The van der Waals surface area contributed by atoms with Crippen LogP contribution in [0.1, 0.15) is 24.3 Å². The summed E-state index contributed by atoms with van der Waals surface area (Å²) in [7, 11) is 4.06. The van der Waals surface area contributed by atoms with Gasteiger partial charge in [-0.05, 0) is 44.8 Å². The van der Waals surface area contributed by atoms with Crippen molar-refractivity contribution in [2.75, 3.05) is 27.2 Å². The van der Waals surface area contributed by atoms with Gasteiger partial charge in [-0.3, -0.25) is 4.90 Å². The molecule has 6 heteroatoms. The van der Waals surface area contributed by atoms with Gasteiger partial charge in [0.05, 0.1) is 18.8 Å². The second-order valence-electron chi connectivity index (χ2n) is 5.66. The molecule has 2 N–H and O–H groups in total. The van der Waals surface area contributed by atoms with E-state index >= 15 is 0 Å². The number of likely N-dealkylation sites (N-methyl/N-ethyl adjacent to an activating group) is 1. The van der Waals surface area contributed by atoms with E-state index in [0.717, 1.165) is 28.9 Å². The summed E-state index contributed by atoms with van der Waals surface area (Å²) < 4.78 is 5.53. The number of guanidine groups is 1. The Morgan fingerprint density at radius 3 is 2.62 bits per heavy atom. The number of hydrogen-bond donors (Lipinski definition) is 2. The maximum Gasteiger partial charge on any atom is 0.191 e. The van der Waals surface area contributed by atoms with Crippen LogP contribution in [0.5, 0.6) is 0 Å². The molecular weight excluding hydrogens is 324 g/mol. The molecule has 0 saturated heterocycles. The summed E-state index contributed by atoms with van der Waals surface area (Å²) in [5.74, 6) is 1.69. The van der Waals surface area contributed by atoms with Crippen LogP contribution >= 0.6 is 11.6 Å². The minimum atomic E-state index is 0.129. The molecule has 2 aromatic rings. The van der Waals surface area contributed by atoms with Gasteiger partial charge in [0.2, 0.25) is 0 Å². The average molecular weight is 349 g/mol. The van der Waals surface area contributed by atoms with E-state index in [0.29, 0.717) is 13.1 Å². The van der Waals surface area contributed by atoms with E-state index in [4.69, 9.17) is 16.0 Å². The third-order valence-electron chi connectivity index (χ3n) is 3.67. The quantitative estimate of drug-likeness (QED) is 0.595. The van der Waals surface area contributed by atoms with Crippen molar-refractivity contribution in [3.63, 3.8) is 0 Å². The Kier molecular flexibility index (Phi) is 7.15. The molecule has 0 amide bonds. The van der Waals surface area contributed by atoms with Crippen molar-refractivity contribution in [1.29, 1.82) is 0 Å². The van der Waals surface area contributed by atoms with E-state index in [1.54, 1.807) is 6.26 Å². The zero-order valence-corrected chi connectivity index (χ0v) is 15.2. The Labute approximate surface area is 148 Å². The van der Waals surface area contributed by atoms with Crippen LogP contribution in [-0.4, -0.2) is 38.0 Å². The first kappa shape index (κ1) is 18.4. The van der Waals surface area contributed by atoms with E-state index < -0.39 is 0 Å². The van der Waals surface area contributed by atoms with Crippen molar-refractivity contribution in [3.8, 4) is 0 Å². The van der Waals surface area contributed by atoms with Gasteiger partial charge in [-0.2, -0.15) is 0 Å². The van der Waals surface area contributed by atoms with Gasteiger partial charge in [-0.25, -0.2) is 4.99 Å². The largest absolute Gasteiger partial charge is 0.468 e. The number of aliphatic imine (C=N–C) groups is 1. The van der Waals surface area contributed by atoms with Gasteiger partial charge in [0.15, 0.2) is 5.96 Å². The van der Waals surface area contributed by atoms with Crippen molar-refractivity contribution in [2.24, 2.45) is 4.99 Å². The standard InChI is InChI=1S/C18H25ClN4O/c1-4-20-18(21-12-14-8-5-6-9-15(14)19)22-13-16(23(2)3)17-10-7-11-24-17/h5-11,16H,4,12-13H2,1-3H3,(H2,20,21,22). The number of rotatable bonds is 7. The lowest BCUT2D eigenvalue weighted by Crippen LogP contribution is -2.41. The first-order chi connectivity index (χ1) is 11.6. The van der Waals surface area contributed by atoms with Gasteiger partial charge in [-0.1, -0.05) is 29.8 Å². The Balaban J connectivity index is 2.02. The predicted molar refractivity (Wildman–Crippen MR) is 99.4 cm³/mol. The highest BCUT2D eigenvalue weighted by atomic mass is 35.5. The molecule has 5 nitrogen and oxygen atoms in total. The van der Waals surface area contributed by atoms with Gasteiger partial charge in [0.25, 0.3) is 0 Å². The van der Waals surface area contributed by atoms with Gasteiger partial charge < -0.3 is 15.1 Å². The highest BCUT2D eigenvalue weighted by molar-refractivity contribution is 6.31. The molecule has 1 aromatic carbocycles. The molecule has 0 bridgehead atoms. The minimum absolute atomic E-state index is 0.129. The van der Waals surface area contributed by atoms with Crippen LogP contribution in [0.2, 0.25) is 5.02 Å². The fourth-order valence-corrected chi connectivity index (χ4v) is 2.54. The highest BCUT2D eigenvalue weighted by Crippen LogP contribution is 2.18. The third kappa shape index (κ3) is 5.28. The normalized spacial score (nSPS) is 13.1. The van der Waals surface area contributed by atoms with Crippen LogP contribution in [0.15, 0.2) is 52.1 Å². The van der Waals surface area contributed by atoms with Crippen molar-refractivity contribution >= 4 is 17.6 Å². The minimum Gasteiger partial charge on any atom is -0.468 e. The predicted octanol–water partition coefficient (Wildman–Crippen LogP) is 3.29. The van der Waals surface area contributed by atoms with Gasteiger partial charge in [0, 0.05) is 18.1 Å². The summed E-state index contributed by atoms with van der Waals surface area (Å²) >= 11 is 6.19. The van der Waals surface area contributed by atoms with Crippen LogP contribution < -0.4 is 10.6 Å². The Morgan fingerprint density at radius 1 is 1.21 bits per heavy atom. The van der Waals surface area contributed by atoms with Gasteiger partial charge in [-0.15, -0.1) is 0 Å². The summed E-state index contributed by atoms with van der Waals surface area (Å²) in [5, 5.41) is 7.37. The van der Waals surface area contributed by atoms with Crippen LogP contribution in [-0.2, 0) is 6.54 Å². The monoisotopic (exact) mass is 348 g/mol. The van der Waals surface area contributed by atoms with Gasteiger partial charge >= 0.3 is 0 Å². The number of halogens is 1. The second kappa shape index (κ2) is 9.35. The number of nitrogens with one attached hydrogen (secondary N) is 2. The van der Waals surface area contributed by atoms with E-state index in [2.05, 4.69) is 20.5 Å². The van der Waals surface area contributed by atoms with Gasteiger partial charge in [0.1, 0.15) is 5.76 Å². The number of benzene rings is 1. The summed E-state index contributed by atoms with van der Waals surface area (Å²) in [5.41, 5.74) is 1.01. The average Bonchev–Trinajstić information content (AvgIpc) is 3.08. The van der Waals surface area contributed by atoms with E-state index in [1.165, 1.54) is 0 Å². The molecule has 0 aliphatic carbocycles. The maximum atomic E-state index is 6.19. The summed E-state index contributed by atoms with van der Waals surface area (Å²) in [6.45, 7) is 4.06. The Morgan fingerprint density at radius 2 is 2.00 bits per heavy atom. The number of furan rings is 1. The smallest absolute Gasteiger partial charge is 0.191 e. The van der Waals surface area contributed by atoms with Crippen LogP contribution in [0.4, 0.5) is 0 Å². The lowest BCUT2D eigenvalue weighted by Gasteiger charge is -2.23. The summed E-state index contributed by atoms with van der Waals surface area (Å²) in [6.07, 6.45) is 1.70. The molecule has 0 spiro atoms. The molecule has 0 fully saturated rings. The van der Waals surface area contributed by atoms with Crippen LogP contribution in [0.25, 0.3) is 0 Å². The maximum absolute atomic E-state index is 6.19. The molecule has 1 heterocycles. The van der Waals surface area contributed by atoms with Crippen molar-refractivity contribution < 1.29 is 4.42 Å². The Hall–Kier alpha value is -1.98.